The molecule has 86 valence electrons. The summed E-state index contributed by atoms with van der Waals surface area (Å²) in [5.41, 5.74) is 6.38. The van der Waals surface area contributed by atoms with Crippen molar-refractivity contribution in [1.29, 1.82) is 0 Å². The summed E-state index contributed by atoms with van der Waals surface area (Å²) in [6.07, 6.45) is -0.338. The topological polar surface area (TPSA) is 26.0 Å². The number of benzene rings is 1. The Morgan fingerprint density at radius 1 is 1.27 bits per heavy atom. The van der Waals surface area contributed by atoms with E-state index in [0.717, 1.165) is 6.07 Å². The monoisotopic (exact) mass is 241 g/mol. The smallest absolute Gasteiger partial charge is 0.209 e. The van der Waals surface area contributed by atoms with Gasteiger partial charge in [-0.25, -0.2) is 4.39 Å². The maximum atomic E-state index is 13.2. The Kier molecular flexibility index (Phi) is 3.49. The summed E-state index contributed by atoms with van der Waals surface area (Å²) >= 11 is -5.07. The highest BCUT2D eigenvalue weighted by atomic mass is 32.3. The summed E-state index contributed by atoms with van der Waals surface area (Å²) in [4.78, 5) is 0. The third kappa shape index (κ3) is 3.62. The molecule has 0 radical (unpaired) electrons. The lowest BCUT2D eigenvalue weighted by Crippen LogP contribution is -2.00. The van der Waals surface area contributed by atoms with Crippen molar-refractivity contribution < 1.29 is 16.0 Å². The number of hydrogen-bond acceptors (Lipinski definition) is 1. The van der Waals surface area contributed by atoms with E-state index in [1.165, 1.54) is 6.07 Å². The molecular weight excluding hydrogens is 230 g/mol. The lowest BCUT2D eigenvalue weighted by atomic mass is 10.1. The van der Waals surface area contributed by atoms with Crippen molar-refractivity contribution in [3.05, 3.63) is 29.1 Å². The van der Waals surface area contributed by atoms with Gasteiger partial charge in [-0.2, -0.15) is 0 Å². The fourth-order valence-corrected chi connectivity index (χ4v) is 1.61. The summed E-state index contributed by atoms with van der Waals surface area (Å²) in [6, 6.07) is 2.44. The summed E-state index contributed by atoms with van der Waals surface area (Å²) in [5.74, 6) is -1.57. The molecule has 0 bridgehead atoms. The summed E-state index contributed by atoms with van der Waals surface area (Å²) in [6.45, 7) is 1.61. The molecule has 1 aromatic carbocycles. The Labute approximate surface area is 87.5 Å². The third-order valence-corrected chi connectivity index (χ3v) is 2.70. The molecule has 0 saturated heterocycles. The molecule has 0 aliphatic rings. The second-order valence-electron chi connectivity index (χ2n) is 3.26. The summed E-state index contributed by atoms with van der Waals surface area (Å²) in [7, 11) is 0. The Balaban J connectivity index is 2.82. The average molecular weight is 241 g/mol. The number of nitrogens with two attached hydrogens (primary N) is 1. The molecular formula is C9H11F4NS. The van der Waals surface area contributed by atoms with Gasteiger partial charge in [0, 0.05) is 5.69 Å². The lowest BCUT2D eigenvalue weighted by Gasteiger charge is -2.11. The molecule has 0 aliphatic carbocycles. The van der Waals surface area contributed by atoms with Crippen LogP contribution in [0.3, 0.4) is 0 Å². The largest absolute Gasteiger partial charge is 0.399 e. The number of aryl methyl sites for hydroxylation is 2. The van der Waals surface area contributed by atoms with Gasteiger partial charge < -0.3 is 5.73 Å². The van der Waals surface area contributed by atoms with Crippen molar-refractivity contribution >= 4 is 16.9 Å². The minimum absolute atomic E-state index is 0.0305. The first-order chi connectivity index (χ1) is 6.79. The Morgan fingerprint density at radius 3 is 2.40 bits per heavy atom. The second-order valence-corrected chi connectivity index (χ2v) is 4.67. The van der Waals surface area contributed by atoms with Crippen LogP contribution in [0.25, 0.3) is 0 Å². The molecule has 0 aliphatic heterocycles. The fraction of sp³-hybridized carbons (Fsp3) is 0.333. The van der Waals surface area contributed by atoms with E-state index < -0.39 is 22.8 Å². The summed E-state index contributed by atoms with van der Waals surface area (Å²) < 4.78 is 49.1. The quantitative estimate of drug-likeness (QED) is 0.633. The van der Waals surface area contributed by atoms with E-state index in [-0.39, 0.29) is 12.0 Å². The maximum absolute atomic E-state index is 13.2. The van der Waals surface area contributed by atoms with E-state index in [1.54, 1.807) is 6.92 Å². The van der Waals surface area contributed by atoms with E-state index in [9.17, 15) is 16.0 Å². The maximum Gasteiger partial charge on any atom is 0.209 e. The highest BCUT2D eigenvalue weighted by Crippen LogP contribution is 2.53. The molecule has 15 heavy (non-hydrogen) atoms. The first-order valence-electron chi connectivity index (χ1n) is 4.24. The van der Waals surface area contributed by atoms with Gasteiger partial charge in [0.1, 0.15) is 5.82 Å². The SMILES string of the molecule is Cc1cc(F)c(CCS(F)(F)F)cc1N. The van der Waals surface area contributed by atoms with Gasteiger partial charge in [0.15, 0.2) is 0 Å². The van der Waals surface area contributed by atoms with Gasteiger partial charge in [0.25, 0.3) is 0 Å². The molecule has 1 rings (SSSR count). The molecule has 0 heterocycles. The zero-order valence-electron chi connectivity index (χ0n) is 8.07. The minimum Gasteiger partial charge on any atom is -0.399 e. The molecule has 1 nitrogen and oxygen atoms in total. The van der Waals surface area contributed by atoms with Crippen LogP contribution in [-0.4, -0.2) is 5.75 Å². The number of anilines is 1. The van der Waals surface area contributed by atoms with Gasteiger partial charge in [0.05, 0.1) is 5.75 Å². The van der Waals surface area contributed by atoms with E-state index in [2.05, 4.69) is 0 Å². The molecule has 0 saturated carbocycles. The number of halogens is 4. The first-order valence-corrected chi connectivity index (χ1v) is 5.74. The Morgan fingerprint density at radius 2 is 1.87 bits per heavy atom. The van der Waals surface area contributed by atoms with Crippen LogP contribution >= 0.6 is 11.2 Å². The Hall–Kier alpha value is -0.910. The van der Waals surface area contributed by atoms with Gasteiger partial charge in [-0.1, -0.05) is 0 Å². The van der Waals surface area contributed by atoms with E-state index >= 15 is 0 Å². The molecule has 0 spiro atoms. The van der Waals surface area contributed by atoms with Crippen LogP contribution < -0.4 is 5.73 Å². The molecule has 0 atom stereocenters. The van der Waals surface area contributed by atoms with Crippen LogP contribution in [0, 0.1) is 12.7 Å². The van der Waals surface area contributed by atoms with E-state index in [1.807, 2.05) is 0 Å². The van der Waals surface area contributed by atoms with Crippen molar-refractivity contribution in [2.75, 3.05) is 11.5 Å². The highest BCUT2D eigenvalue weighted by molar-refractivity contribution is 8.20. The molecule has 2 N–H and O–H groups in total. The van der Waals surface area contributed by atoms with Crippen molar-refractivity contribution in [1.82, 2.24) is 0 Å². The molecule has 0 fully saturated rings. The van der Waals surface area contributed by atoms with Crippen molar-refractivity contribution in [2.45, 2.75) is 13.3 Å². The first kappa shape index (κ1) is 12.2. The number of rotatable bonds is 3. The molecule has 0 aromatic heterocycles. The van der Waals surface area contributed by atoms with Crippen LogP contribution in [-0.2, 0) is 6.42 Å². The minimum atomic E-state index is -5.07. The zero-order chi connectivity index (χ0) is 11.6. The molecule has 0 unspecified atom stereocenters. The van der Waals surface area contributed by atoms with Crippen LogP contribution in [0.15, 0.2) is 12.1 Å². The van der Waals surface area contributed by atoms with Crippen LogP contribution in [0.2, 0.25) is 0 Å². The van der Waals surface area contributed by atoms with Gasteiger partial charge in [-0.15, -0.1) is 11.7 Å². The third-order valence-electron chi connectivity index (χ3n) is 2.04. The lowest BCUT2D eigenvalue weighted by molar-refractivity contribution is 0.604. The fourth-order valence-electron chi connectivity index (χ4n) is 1.15. The van der Waals surface area contributed by atoms with Crippen LogP contribution in [0.1, 0.15) is 11.1 Å². The second kappa shape index (κ2) is 4.30. The Bertz CT molecular complexity index is 362. The van der Waals surface area contributed by atoms with Crippen molar-refractivity contribution in [2.24, 2.45) is 0 Å². The van der Waals surface area contributed by atoms with Gasteiger partial charge in [-0.3, -0.25) is 0 Å². The summed E-state index contributed by atoms with van der Waals surface area (Å²) in [5, 5.41) is 0. The standard InChI is InChI=1S/C9H11F4NS/c1-6-4-8(10)7(5-9(6)14)2-3-15(11,12)13/h4-5H,2-3,14H2,1H3. The molecule has 0 amide bonds. The van der Waals surface area contributed by atoms with Gasteiger partial charge in [0.2, 0.25) is 11.2 Å². The predicted molar refractivity (Wildman–Crippen MR) is 55.0 cm³/mol. The van der Waals surface area contributed by atoms with E-state index in [4.69, 9.17) is 5.73 Å². The van der Waals surface area contributed by atoms with Gasteiger partial charge >= 0.3 is 0 Å². The van der Waals surface area contributed by atoms with Gasteiger partial charge in [-0.05, 0) is 36.6 Å². The van der Waals surface area contributed by atoms with E-state index in [0.29, 0.717) is 11.3 Å². The van der Waals surface area contributed by atoms with Crippen LogP contribution in [0.4, 0.5) is 21.7 Å². The van der Waals surface area contributed by atoms with Crippen molar-refractivity contribution in [3.63, 3.8) is 0 Å². The number of hydrogen-bond donors (Lipinski definition) is 1. The predicted octanol–water partition coefficient (Wildman–Crippen LogP) is 3.72. The number of nitrogen functional groups attached to an aromatic ring is 1. The van der Waals surface area contributed by atoms with Crippen LogP contribution in [0.5, 0.6) is 0 Å². The normalized spacial score (nSPS) is 12.9. The molecule has 1 aromatic rings. The zero-order valence-corrected chi connectivity index (χ0v) is 8.88. The van der Waals surface area contributed by atoms with Crippen molar-refractivity contribution in [3.8, 4) is 0 Å². The molecule has 6 heteroatoms. The average Bonchev–Trinajstić information content (AvgIpc) is 2.07. The highest BCUT2D eigenvalue weighted by Gasteiger charge is 2.21.